The maximum absolute atomic E-state index is 12.9. The normalized spacial score (nSPS) is 13.9. The summed E-state index contributed by atoms with van der Waals surface area (Å²) in [5.41, 5.74) is 1.56. The second-order valence-electron chi connectivity index (χ2n) is 8.63. The Morgan fingerprint density at radius 1 is 1.22 bits per heavy atom. The molecule has 198 valence electrons. The molecule has 1 N–H and O–H groups in total. The molecule has 0 spiro atoms. The van der Waals surface area contributed by atoms with E-state index in [2.05, 4.69) is 15.5 Å². The third-order valence-corrected chi connectivity index (χ3v) is 8.43. The van der Waals surface area contributed by atoms with Crippen LogP contribution in [0.2, 0.25) is 5.02 Å². The number of carbonyl (C=O) groups excluding carboxylic acids is 2. The summed E-state index contributed by atoms with van der Waals surface area (Å²) in [5, 5.41) is 13.4. The summed E-state index contributed by atoms with van der Waals surface area (Å²) in [6.07, 6.45) is 4.67. The van der Waals surface area contributed by atoms with E-state index < -0.39 is 0 Å². The first kappa shape index (κ1) is 27.5. The van der Waals surface area contributed by atoms with E-state index in [1.54, 1.807) is 19.1 Å². The van der Waals surface area contributed by atoms with Gasteiger partial charge in [-0.1, -0.05) is 35.9 Å². The number of halogens is 1. The number of thioether (sulfide) groups is 1. The molecule has 37 heavy (non-hydrogen) atoms. The summed E-state index contributed by atoms with van der Waals surface area (Å²) in [6, 6.07) is 7.20. The van der Waals surface area contributed by atoms with Gasteiger partial charge in [0.1, 0.15) is 10.8 Å². The van der Waals surface area contributed by atoms with Crippen molar-refractivity contribution < 1.29 is 19.1 Å². The van der Waals surface area contributed by atoms with Gasteiger partial charge in [0, 0.05) is 16.4 Å². The van der Waals surface area contributed by atoms with Gasteiger partial charge in [-0.3, -0.25) is 4.79 Å². The molecule has 8 nitrogen and oxygen atoms in total. The SMILES string of the molecule is CCOC(=O)c1c(NC(=O)CSc2nnc(C(C)Oc3cccc(Cl)c3)n2CC)sc2c1CCCCC2. The monoisotopic (exact) mass is 562 g/mol. The summed E-state index contributed by atoms with van der Waals surface area (Å²) in [5.74, 6) is 0.867. The van der Waals surface area contributed by atoms with Crippen LogP contribution in [0.1, 0.15) is 72.8 Å². The summed E-state index contributed by atoms with van der Waals surface area (Å²) in [7, 11) is 0. The van der Waals surface area contributed by atoms with Crippen molar-refractivity contribution in [2.75, 3.05) is 17.7 Å². The third-order valence-electron chi connectivity index (χ3n) is 6.02. The topological polar surface area (TPSA) is 95.3 Å². The minimum absolute atomic E-state index is 0.131. The smallest absolute Gasteiger partial charge is 0.341 e. The zero-order valence-corrected chi connectivity index (χ0v) is 23.6. The molecule has 0 fully saturated rings. The first-order valence-corrected chi connectivity index (χ1v) is 14.7. The zero-order chi connectivity index (χ0) is 26.4. The molecule has 1 unspecified atom stereocenters. The molecule has 0 saturated carbocycles. The van der Waals surface area contributed by atoms with Gasteiger partial charge in [-0.25, -0.2) is 4.79 Å². The Bertz CT molecular complexity index is 1260. The van der Waals surface area contributed by atoms with E-state index in [9.17, 15) is 9.59 Å². The second kappa shape index (κ2) is 12.8. The molecular weight excluding hydrogens is 532 g/mol. The van der Waals surface area contributed by atoms with Crippen LogP contribution in [0.3, 0.4) is 0 Å². The van der Waals surface area contributed by atoms with Gasteiger partial charge in [-0.15, -0.1) is 21.5 Å². The number of fused-ring (bicyclic) bond motifs is 1. The number of ether oxygens (including phenoxy) is 2. The quantitative estimate of drug-likeness (QED) is 0.175. The number of benzene rings is 1. The minimum atomic E-state index is -0.367. The summed E-state index contributed by atoms with van der Waals surface area (Å²) < 4.78 is 13.3. The van der Waals surface area contributed by atoms with Gasteiger partial charge in [0.2, 0.25) is 5.91 Å². The van der Waals surface area contributed by atoms with E-state index in [1.165, 1.54) is 28.0 Å². The lowest BCUT2D eigenvalue weighted by molar-refractivity contribution is -0.113. The average Bonchev–Trinajstić information content (AvgIpc) is 3.35. The third kappa shape index (κ3) is 6.66. The molecule has 2 aromatic heterocycles. The molecule has 1 aliphatic carbocycles. The van der Waals surface area contributed by atoms with E-state index in [0.717, 1.165) is 37.7 Å². The molecule has 1 aromatic carbocycles. The standard InChI is InChI=1S/C26H31ClN4O4S2/c1-4-31-23(16(3)35-18-11-9-10-17(27)14-18)29-30-26(31)36-15-21(32)28-24-22(25(33)34-5-2)19-12-7-6-8-13-20(19)37-24/h9-11,14,16H,4-8,12-13,15H2,1-3H3,(H,28,32). The van der Waals surface area contributed by atoms with E-state index >= 15 is 0 Å². The van der Waals surface area contributed by atoms with Gasteiger partial charge >= 0.3 is 5.97 Å². The van der Waals surface area contributed by atoms with Crippen LogP contribution in [-0.2, 0) is 28.9 Å². The Morgan fingerprint density at radius 2 is 2.03 bits per heavy atom. The minimum Gasteiger partial charge on any atom is -0.483 e. The van der Waals surface area contributed by atoms with Crippen molar-refractivity contribution in [3.05, 3.63) is 51.1 Å². The number of rotatable bonds is 10. The molecule has 0 aliphatic heterocycles. The predicted molar refractivity (Wildman–Crippen MR) is 147 cm³/mol. The van der Waals surface area contributed by atoms with Crippen LogP contribution in [0.5, 0.6) is 5.75 Å². The molecule has 1 aliphatic rings. The fourth-order valence-electron chi connectivity index (χ4n) is 4.34. The molecule has 0 saturated heterocycles. The molecule has 2 heterocycles. The molecular formula is C26H31ClN4O4S2. The maximum Gasteiger partial charge on any atom is 0.341 e. The predicted octanol–water partition coefficient (Wildman–Crippen LogP) is 6.33. The van der Waals surface area contributed by atoms with Crippen LogP contribution >= 0.6 is 34.7 Å². The summed E-state index contributed by atoms with van der Waals surface area (Å²) in [6.45, 7) is 6.60. The number of hydrogen-bond donors (Lipinski definition) is 1. The fourth-order valence-corrected chi connectivity index (χ4v) is 6.63. The Hall–Kier alpha value is -2.56. The van der Waals surface area contributed by atoms with Gasteiger partial charge in [0.25, 0.3) is 0 Å². The number of hydrogen-bond acceptors (Lipinski definition) is 8. The number of nitrogens with zero attached hydrogens (tertiary/aromatic N) is 3. The molecule has 1 amide bonds. The highest BCUT2D eigenvalue weighted by molar-refractivity contribution is 7.99. The average molecular weight is 563 g/mol. The van der Waals surface area contributed by atoms with Crippen molar-refractivity contribution in [1.82, 2.24) is 14.8 Å². The first-order valence-electron chi connectivity index (χ1n) is 12.5. The largest absolute Gasteiger partial charge is 0.483 e. The molecule has 0 radical (unpaired) electrons. The highest BCUT2D eigenvalue weighted by atomic mass is 35.5. The van der Waals surface area contributed by atoms with Crippen molar-refractivity contribution in [3.8, 4) is 5.75 Å². The number of aromatic nitrogens is 3. The summed E-state index contributed by atoms with van der Waals surface area (Å²) in [4.78, 5) is 26.9. The van der Waals surface area contributed by atoms with Crippen LogP contribution in [-0.4, -0.2) is 39.0 Å². The number of esters is 1. The number of anilines is 1. The zero-order valence-electron chi connectivity index (χ0n) is 21.2. The number of amides is 1. The van der Waals surface area contributed by atoms with Gasteiger partial charge < -0.3 is 19.4 Å². The van der Waals surface area contributed by atoms with E-state index in [-0.39, 0.29) is 23.7 Å². The van der Waals surface area contributed by atoms with Gasteiger partial charge in [0.15, 0.2) is 17.1 Å². The van der Waals surface area contributed by atoms with Crippen LogP contribution in [0.25, 0.3) is 0 Å². The number of thiophene rings is 1. The van der Waals surface area contributed by atoms with E-state index in [4.69, 9.17) is 21.1 Å². The Kier molecular flexibility index (Phi) is 9.50. The Balaban J connectivity index is 1.44. The maximum atomic E-state index is 12.9. The van der Waals surface area contributed by atoms with Crippen molar-refractivity contribution in [1.29, 1.82) is 0 Å². The number of aryl methyl sites for hydroxylation is 1. The van der Waals surface area contributed by atoms with Gasteiger partial charge in [-0.05, 0) is 70.2 Å². The summed E-state index contributed by atoms with van der Waals surface area (Å²) >= 11 is 8.86. The van der Waals surface area contributed by atoms with Crippen molar-refractivity contribution in [2.24, 2.45) is 0 Å². The van der Waals surface area contributed by atoms with E-state index in [0.29, 0.717) is 45.5 Å². The van der Waals surface area contributed by atoms with Crippen LogP contribution in [0.4, 0.5) is 5.00 Å². The van der Waals surface area contributed by atoms with Gasteiger partial charge in [0.05, 0.1) is 17.9 Å². The van der Waals surface area contributed by atoms with Crippen LogP contribution < -0.4 is 10.1 Å². The molecule has 0 bridgehead atoms. The Labute approximate surface area is 230 Å². The van der Waals surface area contributed by atoms with Gasteiger partial charge in [-0.2, -0.15) is 0 Å². The van der Waals surface area contributed by atoms with E-state index in [1.807, 2.05) is 30.5 Å². The van der Waals surface area contributed by atoms with Crippen molar-refractivity contribution in [3.63, 3.8) is 0 Å². The molecule has 4 rings (SSSR count). The lowest BCUT2D eigenvalue weighted by atomic mass is 10.1. The van der Waals surface area contributed by atoms with Crippen molar-refractivity contribution >= 4 is 51.6 Å². The fraction of sp³-hybridized carbons (Fsp3) is 0.462. The lowest BCUT2D eigenvalue weighted by Crippen LogP contribution is -2.17. The number of nitrogens with one attached hydrogen (secondary N) is 1. The highest BCUT2D eigenvalue weighted by Crippen LogP contribution is 2.38. The molecule has 1 atom stereocenters. The van der Waals surface area contributed by atoms with Crippen LogP contribution in [0, 0.1) is 0 Å². The van der Waals surface area contributed by atoms with Crippen LogP contribution in [0.15, 0.2) is 29.4 Å². The van der Waals surface area contributed by atoms with Crippen molar-refractivity contribution in [2.45, 2.75) is 70.7 Å². The highest BCUT2D eigenvalue weighted by Gasteiger charge is 2.27. The lowest BCUT2D eigenvalue weighted by Gasteiger charge is -2.15. The second-order valence-corrected chi connectivity index (χ2v) is 11.1. The first-order chi connectivity index (χ1) is 17.9. The molecule has 3 aromatic rings. The number of carbonyl (C=O) groups is 2. The molecule has 11 heteroatoms. The Morgan fingerprint density at radius 3 is 2.78 bits per heavy atom.